The summed E-state index contributed by atoms with van der Waals surface area (Å²) in [5, 5.41) is 10.6. The summed E-state index contributed by atoms with van der Waals surface area (Å²) < 4.78 is 0. The highest BCUT2D eigenvalue weighted by Gasteiger charge is 2.28. The molecule has 1 N–H and O–H groups in total. The maximum absolute atomic E-state index is 12.5. The second-order valence-electron chi connectivity index (χ2n) is 5.63. The SMILES string of the molecule is Cc1ccc(C(=O)N2CCCC(C)(O)CC2)c(Cl)c1. The van der Waals surface area contributed by atoms with Gasteiger partial charge >= 0.3 is 0 Å². The van der Waals surface area contributed by atoms with Gasteiger partial charge in [-0.25, -0.2) is 0 Å². The molecular formula is C15H20ClNO2. The van der Waals surface area contributed by atoms with E-state index in [9.17, 15) is 9.90 Å². The number of aryl methyl sites for hydroxylation is 1. The molecule has 2 rings (SSSR count). The topological polar surface area (TPSA) is 40.5 Å². The van der Waals surface area contributed by atoms with Crippen LogP contribution in [-0.2, 0) is 0 Å². The Balaban J connectivity index is 2.15. The van der Waals surface area contributed by atoms with E-state index >= 15 is 0 Å². The number of benzene rings is 1. The van der Waals surface area contributed by atoms with E-state index in [1.165, 1.54) is 0 Å². The predicted molar refractivity (Wildman–Crippen MR) is 76.6 cm³/mol. The molecule has 1 aliphatic heterocycles. The fourth-order valence-corrected chi connectivity index (χ4v) is 2.75. The zero-order valence-electron chi connectivity index (χ0n) is 11.4. The van der Waals surface area contributed by atoms with Crippen molar-refractivity contribution >= 4 is 17.5 Å². The first-order valence-electron chi connectivity index (χ1n) is 6.67. The highest BCUT2D eigenvalue weighted by atomic mass is 35.5. The van der Waals surface area contributed by atoms with Crippen molar-refractivity contribution in [2.45, 2.75) is 38.7 Å². The Morgan fingerprint density at radius 1 is 1.37 bits per heavy atom. The first-order valence-corrected chi connectivity index (χ1v) is 7.05. The van der Waals surface area contributed by atoms with Gasteiger partial charge in [-0.1, -0.05) is 17.7 Å². The van der Waals surface area contributed by atoms with Crippen molar-refractivity contribution in [2.24, 2.45) is 0 Å². The molecule has 1 aromatic carbocycles. The van der Waals surface area contributed by atoms with Gasteiger partial charge in [0.05, 0.1) is 16.2 Å². The summed E-state index contributed by atoms with van der Waals surface area (Å²) in [7, 11) is 0. The molecule has 1 unspecified atom stereocenters. The lowest BCUT2D eigenvalue weighted by Gasteiger charge is -2.23. The quantitative estimate of drug-likeness (QED) is 0.860. The lowest BCUT2D eigenvalue weighted by molar-refractivity contribution is 0.0438. The minimum Gasteiger partial charge on any atom is -0.390 e. The molecule has 104 valence electrons. The van der Waals surface area contributed by atoms with Crippen LogP contribution in [-0.4, -0.2) is 34.6 Å². The van der Waals surface area contributed by atoms with Crippen LogP contribution < -0.4 is 0 Å². The Kier molecular flexibility index (Phi) is 4.16. The summed E-state index contributed by atoms with van der Waals surface area (Å²) in [6.07, 6.45) is 2.17. The molecule has 1 aromatic rings. The molecule has 0 radical (unpaired) electrons. The largest absolute Gasteiger partial charge is 0.390 e. The number of hydrogen-bond acceptors (Lipinski definition) is 2. The van der Waals surface area contributed by atoms with E-state index in [2.05, 4.69) is 0 Å². The molecule has 0 saturated carbocycles. The number of hydrogen-bond donors (Lipinski definition) is 1. The number of halogens is 1. The van der Waals surface area contributed by atoms with Gasteiger partial charge in [0.2, 0.25) is 0 Å². The number of nitrogens with zero attached hydrogens (tertiary/aromatic N) is 1. The Hall–Kier alpha value is -1.06. The minimum absolute atomic E-state index is 0.0392. The van der Waals surface area contributed by atoms with Crippen LogP contribution in [0.4, 0.5) is 0 Å². The predicted octanol–water partition coefficient (Wildman–Crippen LogP) is 3.03. The second-order valence-corrected chi connectivity index (χ2v) is 6.03. The van der Waals surface area contributed by atoms with E-state index in [4.69, 9.17) is 11.6 Å². The lowest BCUT2D eigenvalue weighted by Crippen LogP contribution is -2.33. The first-order chi connectivity index (χ1) is 8.89. The maximum atomic E-state index is 12.5. The molecule has 1 aliphatic rings. The highest BCUT2D eigenvalue weighted by molar-refractivity contribution is 6.33. The number of aliphatic hydroxyl groups is 1. The summed E-state index contributed by atoms with van der Waals surface area (Å²) >= 11 is 6.14. The van der Waals surface area contributed by atoms with Crippen LogP contribution in [0.15, 0.2) is 18.2 Å². The summed E-state index contributed by atoms with van der Waals surface area (Å²) in [5.41, 5.74) is 0.931. The summed E-state index contributed by atoms with van der Waals surface area (Å²) in [6, 6.07) is 5.49. The monoisotopic (exact) mass is 281 g/mol. The smallest absolute Gasteiger partial charge is 0.255 e. The van der Waals surface area contributed by atoms with Gasteiger partial charge in [0.15, 0.2) is 0 Å². The zero-order valence-corrected chi connectivity index (χ0v) is 12.2. The second kappa shape index (κ2) is 5.51. The van der Waals surface area contributed by atoms with Crippen LogP contribution in [0.3, 0.4) is 0 Å². The van der Waals surface area contributed by atoms with E-state index in [0.29, 0.717) is 30.1 Å². The fourth-order valence-electron chi connectivity index (χ4n) is 2.43. The Morgan fingerprint density at radius 2 is 2.11 bits per heavy atom. The number of likely N-dealkylation sites (tertiary alicyclic amines) is 1. The van der Waals surface area contributed by atoms with E-state index in [0.717, 1.165) is 18.4 Å². The number of amides is 1. The molecule has 19 heavy (non-hydrogen) atoms. The van der Waals surface area contributed by atoms with Crippen molar-refractivity contribution in [1.29, 1.82) is 0 Å². The van der Waals surface area contributed by atoms with Crippen molar-refractivity contribution in [2.75, 3.05) is 13.1 Å². The van der Waals surface area contributed by atoms with Crippen LogP contribution in [0.25, 0.3) is 0 Å². The number of carbonyl (C=O) groups excluding carboxylic acids is 1. The Morgan fingerprint density at radius 3 is 2.79 bits per heavy atom. The molecule has 1 atom stereocenters. The van der Waals surface area contributed by atoms with E-state index in [1.807, 2.05) is 26.0 Å². The third kappa shape index (κ3) is 3.48. The molecule has 1 saturated heterocycles. The molecular weight excluding hydrogens is 262 g/mol. The molecule has 1 amide bonds. The van der Waals surface area contributed by atoms with Crippen LogP contribution >= 0.6 is 11.6 Å². The average molecular weight is 282 g/mol. The average Bonchev–Trinajstić information content (AvgIpc) is 2.49. The van der Waals surface area contributed by atoms with Crippen LogP contribution in [0.5, 0.6) is 0 Å². The van der Waals surface area contributed by atoms with Gasteiger partial charge in [-0.15, -0.1) is 0 Å². The third-order valence-electron chi connectivity index (χ3n) is 3.71. The minimum atomic E-state index is -0.661. The zero-order chi connectivity index (χ0) is 14.0. The Bertz CT molecular complexity index is 485. The summed E-state index contributed by atoms with van der Waals surface area (Å²) in [6.45, 7) is 5.04. The fraction of sp³-hybridized carbons (Fsp3) is 0.533. The van der Waals surface area contributed by atoms with Gasteiger partial charge in [-0.05, 0) is 50.8 Å². The van der Waals surface area contributed by atoms with E-state index in [-0.39, 0.29) is 5.91 Å². The van der Waals surface area contributed by atoms with Gasteiger partial charge in [0, 0.05) is 13.1 Å². The molecule has 4 heteroatoms. The van der Waals surface area contributed by atoms with Gasteiger partial charge in [-0.3, -0.25) is 4.79 Å². The van der Waals surface area contributed by atoms with Crippen molar-refractivity contribution in [3.63, 3.8) is 0 Å². The van der Waals surface area contributed by atoms with E-state index < -0.39 is 5.60 Å². The number of carbonyl (C=O) groups is 1. The standard InChI is InChI=1S/C15H20ClNO2/c1-11-4-5-12(13(16)10-11)14(18)17-8-3-6-15(2,19)7-9-17/h4-5,10,19H,3,6-9H2,1-2H3. The Labute approximate surface area is 119 Å². The third-order valence-corrected chi connectivity index (χ3v) is 4.02. The van der Waals surface area contributed by atoms with Gasteiger partial charge < -0.3 is 10.0 Å². The van der Waals surface area contributed by atoms with Crippen molar-refractivity contribution < 1.29 is 9.90 Å². The van der Waals surface area contributed by atoms with Crippen LogP contribution in [0.1, 0.15) is 42.1 Å². The normalized spacial score (nSPS) is 24.1. The molecule has 3 nitrogen and oxygen atoms in total. The lowest BCUT2D eigenvalue weighted by atomic mass is 9.98. The van der Waals surface area contributed by atoms with Gasteiger partial charge in [0.1, 0.15) is 0 Å². The molecule has 0 aromatic heterocycles. The summed E-state index contributed by atoms with van der Waals surface area (Å²) in [5.74, 6) is -0.0392. The van der Waals surface area contributed by atoms with Crippen LogP contribution in [0, 0.1) is 6.92 Å². The van der Waals surface area contributed by atoms with Gasteiger partial charge in [0.25, 0.3) is 5.91 Å². The maximum Gasteiger partial charge on any atom is 0.255 e. The molecule has 0 spiro atoms. The van der Waals surface area contributed by atoms with Crippen molar-refractivity contribution in [3.05, 3.63) is 34.3 Å². The number of rotatable bonds is 1. The van der Waals surface area contributed by atoms with Crippen molar-refractivity contribution in [1.82, 2.24) is 4.90 Å². The molecule has 0 bridgehead atoms. The molecule has 1 heterocycles. The summed E-state index contributed by atoms with van der Waals surface area (Å²) in [4.78, 5) is 14.2. The molecule has 1 fully saturated rings. The van der Waals surface area contributed by atoms with E-state index in [1.54, 1.807) is 11.0 Å². The first kappa shape index (κ1) is 14.4. The van der Waals surface area contributed by atoms with Gasteiger partial charge in [-0.2, -0.15) is 0 Å². The van der Waals surface area contributed by atoms with Crippen LogP contribution in [0.2, 0.25) is 5.02 Å². The molecule has 0 aliphatic carbocycles. The highest BCUT2D eigenvalue weighted by Crippen LogP contribution is 2.24. The van der Waals surface area contributed by atoms with Crippen molar-refractivity contribution in [3.8, 4) is 0 Å².